The van der Waals surface area contributed by atoms with Gasteiger partial charge in [-0.25, -0.2) is 4.98 Å². The van der Waals surface area contributed by atoms with Gasteiger partial charge in [-0.1, -0.05) is 30.0 Å². The number of rotatable bonds is 4. The van der Waals surface area contributed by atoms with Gasteiger partial charge in [0.1, 0.15) is 0 Å². The van der Waals surface area contributed by atoms with Gasteiger partial charge in [-0.3, -0.25) is 4.79 Å². The largest absolute Gasteiger partial charge is 0.334 e. The molecule has 0 bridgehead atoms. The number of benzene rings is 1. The van der Waals surface area contributed by atoms with Gasteiger partial charge >= 0.3 is 0 Å². The predicted octanol–water partition coefficient (Wildman–Crippen LogP) is 4.81. The van der Waals surface area contributed by atoms with Gasteiger partial charge in [0.25, 0.3) is 0 Å². The summed E-state index contributed by atoms with van der Waals surface area (Å²) in [7, 11) is 0. The maximum absolute atomic E-state index is 12.6. The van der Waals surface area contributed by atoms with Crippen molar-refractivity contribution in [3.63, 3.8) is 0 Å². The lowest BCUT2D eigenvalue weighted by Gasteiger charge is -2.23. The number of nitrogens with zero attached hydrogens (tertiary/aromatic N) is 2. The Morgan fingerprint density at radius 1 is 1.30 bits per heavy atom. The highest BCUT2D eigenvalue weighted by molar-refractivity contribution is 8.01. The molecule has 1 fully saturated rings. The Balaban J connectivity index is 1.43. The molecular weight excluding hydrogens is 344 g/mol. The Bertz CT molecular complexity index is 779. The van der Waals surface area contributed by atoms with E-state index >= 15 is 0 Å². The Morgan fingerprint density at radius 3 is 3.04 bits per heavy atom. The highest BCUT2D eigenvalue weighted by Gasteiger charge is 2.30. The van der Waals surface area contributed by atoms with Crippen LogP contribution in [0.2, 0.25) is 0 Å². The van der Waals surface area contributed by atoms with Gasteiger partial charge in [0.05, 0.1) is 22.0 Å². The fourth-order valence-corrected chi connectivity index (χ4v) is 5.79. The molecule has 4 rings (SSSR count). The second kappa shape index (κ2) is 6.63. The molecule has 1 aliphatic heterocycles. The maximum atomic E-state index is 12.6. The van der Waals surface area contributed by atoms with E-state index in [2.05, 4.69) is 28.6 Å². The zero-order valence-corrected chi connectivity index (χ0v) is 14.9. The van der Waals surface area contributed by atoms with Crippen molar-refractivity contribution in [1.29, 1.82) is 0 Å². The first kappa shape index (κ1) is 15.2. The Labute approximate surface area is 147 Å². The third-order valence-electron chi connectivity index (χ3n) is 4.04. The van der Waals surface area contributed by atoms with Crippen molar-refractivity contribution in [2.45, 2.75) is 23.2 Å². The van der Waals surface area contributed by atoms with Crippen molar-refractivity contribution in [1.82, 2.24) is 9.88 Å². The SMILES string of the molecule is O=C(CSc1nc2ccccc2s1)N1CCCC1c1cccs1. The van der Waals surface area contributed by atoms with Gasteiger partial charge in [0.2, 0.25) is 5.91 Å². The molecule has 0 spiro atoms. The van der Waals surface area contributed by atoms with E-state index in [1.165, 1.54) is 9.58 Å². The number of fused-ring (bicyclic) bond motifs is 1. The summed E-state index contributed by atoms with van der Waals surface area (Å²) in [5, 5.41) is 2.09. The summed E-state index contributed by atoms with van der Waals surface area (Å²) >= 11 is 4.97. The minimum absolute atomic E-state index is 0.227. The van der Waals surface area contributed by atoms with E-state index in [4.69, 9.17) is 0 Å². The van der Waals surface area contributed by atoms with Gasteiger partial charge in [-0.15, -0.1) is 22.7 Å². The Hall–Kier alpha value is -1.37. The van der Waals surface area contributed by atoms with E-state index in [1.54, 1.807) is 34.4 Å². The molecule has 1 atom stereocenters. The van der Waals surface area contributed by atoms with Crippen molar-refractivity contribution >= 4 is 50.6 Å². The molecule has 0 N–H and O–H groups in total. The first-order valence-electron chi connectivity index (χ1n) is 7.62. The van der Waals surface area contributed by atoms with Gasteiger partial charge in [-0.2, -0.15) is 0 Å². The number of para-hydroxylation sites is 1. The van der Waals surface area contributed by atoms with E-state index in [-0.39, 0.29) is 11.9 Å². The molecule has 1 saturated heterocycles. The van der Waals surface area contributed by atoms with Gasteiger partial charge in [-0.05, 0) is 36.4 Å². The third kappa shape index (κ3) is 3.16. The Morgan fingerprint density at radius 2 is 2.22 bits per heavy atom. The molecule has 1 aromatic carbocycles. The molecule has 1 amide bonds. The van der Waals surface area contributed by atoms with Crippen LogP contribution in [0.15, 0.2) is 46.1 Å². The van der Waals surface area contributed by atoms with Crippen molar-refractivity contribution in [3.05, 3.63) is 46.7 Å². The lowest BCUT2D eigenvalue weighted by atomic mass is 10.2. The predicted molar refractivity (Wildman–Crippen MR) is 98.4 cm³/mol. The number of thiazole rings is 1. The fourth-order valence-electron chi connectivity index (χ4n) is 2.96. The molecule has 3 heterocycles. The molecule has 3 aromatic rings. The van der Waals surface area contributed by atoms with Gasteiger partial charge in [0, 0.05) is 11.4 Å². The number of likely N-dealkylation sites (tertiary alicyclic amines) is 1. The number of thioether (sulfide) groups is 1. The number of amides is 1. The summed E-state index contributed by atoms with van der Waals surface area (Å²) < 4.78 is 2.16. The van der Waals surface area contributed by atoms with E-state index in [1.807, 2.05) is 23.1 Å². The summed E-state index contributed by atoms with van der Waals surface area (Å²) in [5.74, 6) is 0.701. The van der Waals surface area contributed by atoms with E-state index in [9.17, 15) is 4.79 Å². The molecule has 3 nitrogen and oxygen atoms in total. The second-order valence-corrected chi connectivity index (χ2v) is 8.73. The van der Waals surface area contributed by atoms with E-state index in [0.29, 0.717) is 5.75 Å². The van der Waals surface area contributed by atoms with E-state index in [0.717, 1.165) is 29.2 Å². The fraction of sp³-hybridized carbons (Fsp3) is 0.294. The Kier molecular flexibility index (Phi) is 4.37. The second-order valence-electron chi connectivity index (χ2n) is 5.50. The molecule has 1 aliphatic rings. The topological polar surface area (TPSA) is 33.2 Å². The summed E-state index contributed by atoms with van der Waals surface area (Å²) in [4.78, 5) is 20.6. The standard InChI is InChI=1S/C17H16N2OS3/c20-16(19-9-3-6-13(19)15-8-4-10-21-15)11-22-17-18-12-5-1-2-7-14(12)23-17/h1-2,4-5,7-8,10,13H,3,6,9,11H2. The molecular formula is C17H16N2OS3. The molecule has 6 heteroatoms. The van der Waals surface area contributed by atoms with Crippen LogP contribution in [0.25, 0.3) is 10.2 Å². The highest BCUT2D eigenvalue weighted by atomic mass is 32.2. The molecule has 0 radical (unpaired) electrons. The van der Waals surface area contributed by atoms with Crippen LogP contribution in [-0.2, 0) is 4.79 Å². The van der Waals surface area contributed by atoms with Crippen LogP contribution >= 0.6 is 34.4 Å². The lowest BCUT2D eigenvalue weighted by molar-refractivity contribution is -0.129. The van der Waals surface area contributed by atoms with E-state index < -0.39 is 0 Å². The normalized spacial score (nSPS) is 17.9. The van der Waals surface area contributed by atoms with Crippen LogP contribution in [0.1, 0.15) is 23.8 Å². The van der Waals surface area contributed by atoms with Crippen molar-refractivity contribution in [3.8, 4) is 0 Å². The molecule has 0 aliphatic carbocycles. The molecule has 1 unspecified atom stereocenters. The molecule has 0 saturated carbocycles. The average molecular weight is 361 g/mol. The highest BCUT2D eigenvalue weighted by Crippen LogP contribution is 2.36. The summed E-state index contributed by atoms with van der Waals surface area (Å²) in [6.45, 7) is 0.877. The number of hydrogen-bond donors (Lipinski definition) is 0. The molecule has 2 aromatic heterocycles. The maximum Gasteiger partial charge on any atom is 0.233 e. The lowest BCUT2D eigenvalue weighted by Crippen LogP contribution is -2.31. The van der Waals surface area contributed by atoms with Crippen LogP contribution in [0.3, 0.4) is 0 Å². The third-order valence-corrected chi connectivity index (χ3v) is 7.18. The summed E-state index contributed by atoms with van der Waals surface area (Å²) in [6, 6.07) is 12.6. The summed E-state index contributed by atoms with van der Waals surface area (Å²) in [5.41, 5.74) is 1.02. The molecule has 23 heavy (non-hydrogen) atoms. The van der Waals surface area contributed by atoms with Gasteiger partial charge in [0.15, 0.2) is 4.34 Å². The number of carbonyl (C=O) groups is 1. The molecule has 118 valence electrons. The number of carbonyl (C=O) groups excluding carboxylic acids is 1. The van der Waals surface area contributed by atoms with Crippen LogP contribution in [0, 0.1) is 0 Å². The quantitative estimate of drug-likeness (QED) is 0.626. The van der Waals surface area contributed by atoms with Crippen molar-refractivity contribution in [2.24, 2.45) is 0 Å². The minimum atomic E-state index is 0.227. The smallest absolute Gasteiger partial charge is 0.233 e. The van der Waals surface area contributed by atoms with Crippen molar-refractivity contribution in [2.75, 3.05) is 12.3 Å². The first-order valence-corrected chi connectivity index (χ1v) is 10.3. The monoisotopic (exact) mass is 360 g/mol. The zero-order chi connectivity index (χ0) is 15.6. The zero-order valence-electron chi connectivity index (χ0n) is 12.5. The van der Waals surface area contributed by atoms with Crippen LogP contribution in [0.5, 0.6) is 0 Å². The summed E-state index contributed by atoms with van der Waals surface area (Å²) in [6.07, 6.45) is 2.18. The van der Waals surface area contributed by atoms with Gasteiger partial charge < -0.3 is 4.90 Å². The number of hydrogen-bond acceptors (Lipinski definition) is 5. The van der Waals surface area contributed by atoms with Crippen LogP contribution in [-0.4, -0.2) is 28.1 Å². The van der Waals surface area contributed by atoms with Crippen molar-refractivity contribution < 1.29 is 4.79 Å². The van der Waals surface area contributed by atoms with Crippen LogP contribution < -0.4 is 0 Å². The average Bonchev–Trinajstić information content (AvgIpc) is 3.31. The van der Waals surface area contributed by atoms with Crippen LogP contribution in [0.4, 0.5) is 0 Å². The minimum Gasteiger partial charge on any atom is -0.334 e. The number of aromatic nitrogens is 1. The number of thiophene rings is 1. The first-order chi connectivity index (χ1) is 11.3.